The fourth-order valence-electron chi connectivity index (χ4n) is 2.56. The molecule has 0 bridgehead atoms. The normalized spacial score (nSPS) is 15.5. The SMILES string of the molecule is O=C(NCC1CCOCC1)c1cn(Cc2ccccc2Cl)nn1. The Labute approximate surface area is 139 Å². The second-order valence-corrected chi connectivity index (χ2v) is 6.07. The number of hydrogen-bond donors (Lipinski definition) is 1. The van der Waals surface area contributed by atoms with Crippen molar-refractivity contribution < 1.29 is 9.53 Å². The smallest absolute Gasteiger partial charge is 0.273 e. The molecule has 1 aliphatic rings. The molecule has 3 rings (SSSR count). The van der Waals surface area contributed by atoms with Crippen molar-refractivity contribution in [3.05, 3.63) is 46.7 Å². The Kier molecular flexibility index (Phi) is 5.25. The van der Waals surface area contributed by atoms with E-state index in [9.17, 15) is 4.79 Å². The highest BCUT2D eigenvalue weighted by atomic mass is 35.5. The lowest BCUT2D eigenvalue weighted by Gasteiger charge is -2.21. The number of benzene rings is 1. The molecule has 1 aromatic heterocycles. The van der Waals surface area contributed by atoms with E-state index in [-0.39, 0.29) is 5.91 Å². The van der Waals surface area contributed by atoms with Crippen molar-refractivity contribution in [2.75, 3.05) is 19.8 Å². The Morgan fingerprint density at radius 2 is 2.13 bits per heavy atom. The highest BCUT2D eigenvalue weighted by Crippen LogP contribution is 2.16. The zero-order valence-corrected chi connectivity index (χ0v) is 13.5. The van der Waals surface area contributed by atoms with Crippen LogP contribution in [0, 0.1) is 5.92 Å². The molecule has 0 radical (unpaired) electrons. The van der Waals surface area contributed by atoms with Crippen molar-refractivity contribution in [1.82, 2.24) is 20.3 Å². The van der Waals surface area contributed by atoms with E-state index in [4.69, 9.17) is 16.3 Å². The zero-order chi connectivity index (χ0) is 16.1. The maximum absolute atomic E-state index is 12.1. The topological polar surface area (TPSA) is 69.0 Å². The van der Waals surface area contributed by atoms with E-state index in [2.05, 4.69) is 15.6 Å². The van der Waals surface area contributed by atoms with Crippen LogP contribution < -0.4 is 5.32 Å². The monoisotopic (exact) mass is 334 g/mol. The van der Waals surface area contributed by atoms with Crippen LogP contribution in [-0.4, -0.2) is 40.7 Å². The molecule has 7 heteroatoms. The summed E-state index contributed by atoms with van der Waals surface area (Å²) in [5.74, 6) is 0.285. The van der Waals surface area contributed by atoms with Gasteiger partial charge in [-0.05, 0) is 30.4 Å². The summed E-state index contributed by atoms with van der Waals surface area (Å²) in [6.45, 7) is 2.68. The lowest BCUT2D eigenvalue weighted by atomic mass is 10.0. The first-order valence-corrected chi connectivity index (χ1v) is 8.09. The van der Waals surface area contributed by atoms with E-state index < -0.39 is 0 Å². The van der Waals surface area contributed by atoms with Crippen LogP contribution in [0.5, 0.6) is 0 Å². The summed E-state index contributed by atoms with van der Waals surface area (Å²) in [5, 5.41) is 11.5. The molecule has 0 unspecified atom stereocenters. The van der Waals surface area contributed by atoms with Crippen molar-refractivity contribution >= 4 is 17.5 Å². The van der Waals surface area contributed by atoms with E-state index >= 15 is 0 Å². The number of nitrogens with one attached hydrogen (secondary N) is 1. The first-order chi connectivity index (χ1) is 11.2. The number of nitrogens with zero attached hydrogens (tertiary/aromatic N) is 3. The summed E-state index contributed by atoms with van der Waals surface area (Å²) in [6.07, 6.45) is 3.61. The summed E-state index contributed by atoms with van der Waals surface area (Å²) >= 11 is 6.13. The van der Waals surface area contributed by atoms with Gasteiger partial charge in [0, 0.05) is 24.8 Å². The van der Waals surface area contributed by atoms with E-state index in [0.717, 1.165) is 31.6 Å². The van der Waals surface area contributed by atoms with E-state index in [1.165, 1.54) is 0 Å². The third-order valence-electron chi connectivity index (χ3n) is 3.95. The number of rotatable bonds is 5. The molecule has 2 heterocycles. The van der Waals surface area contributed by atoms with Gasteiger partial charge in [0.05, 0.1) is 12.7 Å². The minimum atomic E-state index is -0.193. The Morgan fingerprint density at radius 3 is 2.91 bits per heavy atom. The van der Waals surface area contributed by atoms with E-state index in [0.29, 0.717) is 29.7 Å². The molecular weight excluding hydrogens is 316 g/mol. The first kappa shape index (κ1) is 16.0. The lowest BCUT2D eigenvalue weighted by Crippen LogP contribution is -2.32. The molecule has 0 aliphatic carbocycles. The van der Waals surface area contributed by atoms with Crippen LogP contribution in [-0.2, 0) is 11.3 Å². The Morgan fingerprint density at radius 1 is 1.35 bits per heavy atom. The number of hydrogen-bond acceptors (Lipinski definition) is 4. The zero-order valence-electron chi connectivity index (χ0n) is 12.7. The number of carbonyl (C=O) groups excluding carboxylic acids is 1. The maximum atomic E-state index is 12.1. The third kappa shape index (κ3) is 4.30. The van der Waals surface area contributed by atoms with Crippen LogP contribution in [0.3, 0.4) is 0 Å². The van der Waals surface area contributed by atoms with Gasteiger partial charge in [0.15, 0.2) is 5.69 Å². The first-order valence-electron chi connectivity index (χ1n) is 7.72. The molecule has 1 amide bonds. The molecule has 0 atom stereocenters. The average Bonchev–Trinajstić information content (AvgIpc) is 3.04. The van der Waals surface area contributed by atoms with Crippen molar-refractivity contribution in [3.8, 4) is 0 Å². The quantitative estimate of drug-likeness (QED) is 0.909. The average molecular weight is 335 g/mol. The number of aromatic nitrogens is 3. The molecule has 1 fully saturated rings. The second kappa shape index (κ2) is 7.57. The van der Waals surface area contributed by atoms with E-state index in [1.807, 2.05) is 24.3 Å². The molecule has 1 aliphatic heterocycles. The van der Waals surface area contributed by atoms with Gasteiger partial charge in [-0.15, -0.1) is 5.10 Å². The van der Waals surface area contributed by atoms with Crippen molar-refractivity contribution in [1.29, 1.82) is 0 Å². The third-order valence-corrected chi connectivity index (χ3v) is 4.32. The van der Waals surface area contributed by atoms with Crippen molar-refractivity contribution in [3.63, 3.8) is 0 Å². The van der Waals surface area contributed by atoms with Gasteiger partial charge >= 0.3 is 0 Å². The molecule has 2 aromatic rings. The van der Waals surface area contributed by atoms with Gasteiger partial charge in [-0.1, -0.05) is 35.0 Å². The largest absolute Gasteiger partial charge is 0.381 e. The van der Waals surface area contributed by atoms with Crippen LogP contribution in [0.1, 0.15) is 28.9 Å². The molecule has 1 N–H and O–H groups in total. The van der Waals surface area contributed by atoms with Crippen LogP contribution in [0.2, 0.25) is 5.02 Å². The summed E-state index contributed by atoms with van der Waals surface area (Å²) in [7, 11) is 0. The summed E-state index contributed by atoms with van der Waals surface area (Å²) in [4.78, 5) is 12.1. The Hall–Kier alpha value is -1.92. The highest BCUT2D eigenvalue weighted by molar-refractivity contribution is 6.31. The molecule has 1 saturated heterocycles. The highest BCUT2D eigenvalue weighted by Gasteiger charge is 2.17. The van der Waals surface area contributed by atoms with Crippen molar-refractivity contribution in [2.24, 2.45) is 5.92 Å². The fraction of sp³-hybridized carbons (Fsp3) is 0.438. The predicted octanol–water partition coefficient (Wildman–Crippen LogP) is 2.14. The summed E-state index contributed by atoms with van der Waals surface area (Å²) in [6, 6.07) is 7.55. The van der Waals surface area contributed by atoms with Crippen LogP contribution in [0.4, 0.5) is 0 Å². The van der Waals surface area contributed by atoms with Gasteiger partial charge in [-0.3, -0.25) is 4.79 Å². The second-order valence-electron chi connectivity index (χ2n) is 5.66. The number of carbonyl (C=O) groups is 1. The molecule has 6 nitrogen and oxygen atoms in total. The van der Waals surface area contributed by atoms with Crippen molar-refractivity contribution in [2.45, 2.75) is 19.4 Å². The molecule has 122 valence electrons. The molecular formula is C16H19ClN4O2. The number of halogens is 1. The summed E-state index contributed by atoms with van der Waals surface area (Å²) < 4.78 is 6.93. The minimum Gasteiger partial charge on any atom is -0.381 e. The van der Waals surface area contributed by atoms with Gasteiger partial charge in [-0.2, -0.15) is 0 Å². The Bertz CT molecular complexity index is 668. The predicted molar refractivity (Wildman–Crippen MR) is 86.5 cm³/mol. The van der Waals surface area contributed by atoms with Gasteiger partial charge in [0.25, 0.3) is 5.91 Å². The lowest BCUT2D eigenvalue weighted by molar-refractivity contribution is 0.0642. The van der Waals surface area contributed by atoms with Crippen LogP contribution in [0.15, 0.2) is 30.5 Å². The molecule has 0 spiro atoms. The maximum Gasteiger partial charge on any atom is 0.273 e. The van der Waals surface area contributed by atoms with Gasteiger partial charge in [0.2, 0.25) is 0 Å². The molecule has 0 saturated carbocycles. The Balaban J connectivity index is 1.55. The summed E-state index contributed by atoms with van der Waals surface area (Å²) in [5.41, 5.74) is 1.26. The van der Waals surface area contributed by atoms with Gasteiger partial charge in [0.1, 0.15) is 0 Å². The number of amides is 1. The molecule has 1 aromatic carbocycles. The number of ether oxygens (including phenoxy) is 1. The van der Waals surface area contributed by atoms with Crippen LogP contribution in [0.25, 0.3) is 0 Å². The van der Waals surface area contributed by atoms with Gasteiger partial charge < -0.3 is 10.1 Å². The standard InChI is InChI=1S/C16H19ClN4O2/c17-14-4-2-1-3-13(14)10-21-11-15(19-20-21)16(22)18-9-12-5-7-23-8-6-12/h1-4,11-12H,5-10H2,(H,18,22). The fourth-order valence-corrected chi connectivity index (χ4v) is 2.75. The van der Waals surface area contributed by atoms with Gasteiger partial charge in [-0.25, -0.2) is 4.68 Å². The molecule has 23 heavy (non-hydrogen) atoms. The van der Waals surface area contributed by atoms with E-state index in [1.54, 1.807) is 10.9 Å². The minimum absolute atomic E-state index is 0.193. The van der Waals surface area contributed by atoms with Crippen LogP contribution >= 0.6 is 11.6 Å².